The Hall–Kier alpha value is -5.21. The average molecular weight is 488 g/mol. The number of tetrazole rings is 2. The van der Waals surface area contributed by atoms with Crippen LogP contribution in [0.5, 0.6) is 0 Å². The molecule has 2 aromatic heterocycles. The summed E-state index contributed by atoms with van der Waals surface area (Å²) in [6.45, 7) is 1.70. The molecule has 4 amide bonds. The fourth-order valence-electron chi connectivity index (χ4n) is 3.83. The number of para-hydroxylation sites is 2. The summed E-state index contributed by atoms with van der Waals surface area (Å²) in [5, 5.41) is 32.6. The van der Waals surface area contributed by atoms with Crippen molar-refractivity contribution in [2.75, 3.05) is 15.1 Å². The van der Waals surface area contributed by atoms with E-state index in [2.05, 4.69) is 51.9 Å². The second-order valence-electron chi connectivity index (χ2n) is 7.89. The summed E-state index contributed by atoms with van der Waals surface area (Å²) in [5.74, 6) is -0.903. The second-order valence-corrected chi connectivity index (χ2v) is 7.89. The molecular weight excluding hydrogens is 468 g/mol. The Morgan fingerprint density at radius 1 is 0.889 bits per heavy atom. The Labute approximate surface area is 203 Å². The Kier molecular flexibility index (Phi) is 6.00. The van der Waals surface area contributed by atoms with Crippen molar-refractivity contribution in [1.82, 2.24) is 46.6 Å². The molecule has 0 aliphatic carbocycles. The molecule has 0 spiro atoms. The third-order valence-corrected chi connectivity index (χ3v) is 5.42. The van der Waals surface area contributed by atoms with Gasteiger partial charge in [0, 0.05) is 5.69 Å². The minimum Gasteiger partial charge on any atom is -0.318 e. The van der Waals surface area contributed by atoms with Gasteiger partial charge in [0.15, 0.2) is 17.7 Å². The molecule has 0 unspecified atom stereocenters. The number of amides is 4. The largest absolute Gasteiger partial charge is 0.320 e. The monoisotopic (exact) mass is 488 g/mol. The molecule has 1 aliphatic heterocycles. The molecule has 2 aromatic carbocycles. The van der Waals surface area contributed by atoms with Gasteiger partial charge < -0.3 is 20.4 Å². The van der Waals surface area contributed by atoms with Gasteiger partial charge >= 0.3 is 6.03 Å². The molecule has 4 N–H and O–H groups in total. The van der Waals surface area contributed by atoms with E-state index in [9.17, 15) is 14.4 Å². The number of nitrogens with one attached hydrogen (secondary N) is 4. The van der Waals surface area contributed by atoms with Crippen LogP contribution < -0.4 is 20.4 Å². The summed E-state index contributed by atoms with van der Waals surface area (Å²) in [6, 6.07) is 11.6. The maximum absolute atomic E-state index is 13.7. The van der Waals surface area contributed by atoms with Crippen LogP contribution in [0, 0.1) is 6.92 Å². The number of aryl methyl sites for hydroxylation is 1. The number of fused-ring (bicyclic) bond motifs is 1. The number of H-pyrrole nitrogens is 2. The van der Waals surface area contributed by atoms with E-state index in [1.165, 1.54) is 9.80 Å². The van der Waals surface area contributed by atoms with Crippen LogP contribution in [0.15, 0.2) is 48.5 Å². The van der Waals surface area contributed by atoms with Gasteiger partial charge in [-0.15, -0.1) is 20.4 Å². The highest BCUT2D eigenvalue weighted by molar-refractivity contribution is 6.21. The van der Waals surface area contributed by atoms with Crippen LogP contribution in [-0.4, -0.2) is 65.1 Å². The maximum atomic E-state index is 13.7. The van der Waals surface area contributed by atoms with Crippen LogP contribution in [0.4, 0.5) is 21.9 Å². The van der Waals surface area contributed by atoms with Crippen LogP contribution in [0.1, 0.15) is 17.2 Å². The van der Waals surface area contributed by atoms with Crippen molar-refractivity contribution >= 4 is 34.9 Å². The van der Waals surface area contributed by atoms with Crippen LogP contribution in [0.2, 0.25) is 0 Å². The first-order valence-electron chi connectivity index (χ1n) is 10.8. The van der Waals surface area contributed by atoms with E-state index in [4.69, 9.17) is 0 Å². The number of carbonyl (C=O) groups is 3. The van der Waals surface area contributed by atoms with E-state index in [0.717, 1.165) is 5.56 Å². The normalized spacial score (nSPS) is 13.9. The molecule has 0 radical (unpaired) electrons. The molecule has 1 aliphatic rings. The molecule has 5 rings (SSSR count). The number of hydrogen-bond donors (Lipinski definition) is 4. The molecule has 0 saturated carbocycles. The molecule has 0 fully saturated rings. The van der Waals surface area contributed by atoms with Crippen molar-refractivity contribution in [1.29, 1.82) is 0 Å². The summed E-state index contributed by atoms with van der Waals surface area (Å²) < 4.78 is 0. The van der Waals surface area contributed by atoms with E-state index in [1.54, 1.807) is 42.5 Å². The van der Waals surface area contributed by atoms with Crippen molar-refractivity contribution < 1.29 is 14.4 Å². The molecule has 15 nitrogen and oxygen atoms in total. The number of aromatic amines is 2. The minimum atomic E-state index is -1.57. The summed E-state index contributed by atoms with van der Waals surface area (Å²) in [6.07, 6.45) is 0. The zero-order chi connectivity index (χ0) is 25.1. The van der Waals surface area contributed by atoms with Gasteiger partial charge in [0.1, 0.15) is 0 Å². The smallest absolute Gasteiger partial charge is 0.318 e. The van der Waals surface area contributed by atoms with Crippen molar-refractivity contribution in [3.8, 4) is 0 Å². The number of carbonyl (C=O) groups excluding carboxylic acids is 3. The highest BCUT2D eigenvalue weighted by Crippen LogP contribution is 2.34. The number of rotatable bonds is 6. The zero-order valence-corrected chi connectivity index (χ0v) is 18.9. The van der Waals surface area contributed by atoms with Crippen molar-refractivity contribution in [3.05, 3.63) is 65.7 Å². The van der Waals surface area contributed by atoms with E-state index < -0.39 is 23.9 Å². The lowest BCUT2D eigenvalue weighted by Crippen LogP contribution is -2.56. The van der Waals surface area contributed by atoms with Gasteiger partial charge in [-0.1, -0.05) is 34.7 Å². The molecule has 15 heteroatoms. The molecule has 36 heavy (non-hydrogen) atoms. The quantitative estimate of drug-likeness (QED) is 0.276. The summed E-state index contributed by atoms with van der Waals surface area (Å²) in [7, 11) is 0. The predicted octanol–water partition coefficient (Wildman–Crippen LogP) is 0.292. The van der Waals surface area contributed by atoms with Gasteiger partial charge in [0.2, 0.25) is 0 Å². The van der Waals surface area contributed by atoms with Crippen LogP contribution >= 0.6 is 0 Å². The third-order valence-electron chi connectivity index (χ3n) is 5.42. The summed E-state index contributed by atoms with van der Waals surface area (Å²) >= 11 is 0. The molecule has 4 aromatic rings. The topological polar surface area (TPSA) is 191 Å². The first-order chi connectivity index (χ1) is 17.5. The predicted molar refractivity (Wildman–Crippen MR) is 124 cm³/mol. The lowest BCUT2D eigenvalue weighted by molar-refractivity contribution is -0.129. The summed E-state index contributed by atoms with van der Waals surface area (Å²) in [4.78, 5) is 43.0. The Morgan fingerprint density at radius 3 is 1.97 bits per heavy atom. The van der Waals surface area contributed by atoms with E-state index in [1.807, 2.05) is 13.0 Å². The van der Waals surface area contributed by atoms with Gasteiger partial charge in [-0.25, -0.2) is 4.79 Å². The van der Waals surface area contributed by atoms with Crippen LogP contribution in [0.3, 0.4) is 0 Å². The van der Waals surface area contributed by atoms with Crippen LogP contribution in [0.25, 0.3) is 0 Å². The van der Waals surface area contributed by atoms with Gasteiger partial charge in [-0.3, -0.25) is 9.59 Å². The highest BCUT2D eigenvalue weighted by Gasteiger charge is 2.42. The van der Waals surface area contributed by atoms with Crippen LogP contribution in [-0.2, 0) is 22.7 Å². The fraction of sp³-hybridized carbons (Fsp3) is 0.190. The number of nitrogens with zero attached hydrogens (tertiary/aromatic N) is 8. The number of aromatic nitrogens is 8. The van der Waals surface area contributed by atoms with Crippen molar-refractivity contribution in [2.24, 2.45) is 0 Å². The zero-order valence-electron chi connectivity index (χ0n) is 18.9. The number of hydrogen-bond acceptors (Lipinski definition) is 9. The lowest BCUT2D eigenvalue weighted by atomic mass is 10.2. The molecule has 0 saturated heterocycles. The number of benzene rings is 2. The molecule has 0 atom stereocenters. The van der Waals surface area contributed by atoms with Gasteiger partial charge in [0.25, 0.3) is 11.8 Å². The lowest BCUT2D eigenvalue weighted by Gasteiger charge is -2.23. The SMILES string of the molecule is Cc1cccc(NC(=O)NC2C(=O)N(Cc3nn[nH]n3)c3ccccc3N(Cc3nn[nH]n3)C2=O)c1. The number of anilines is 3. The maximum Gasteiger partial charge on any atom is 0.320 e. The summed E-state index contributed by atoms with van der Waals surface area (Å²) in [5.41, 5.74) is 2.26. The van der Waals surface area contributed by atoms with Crippen molar-refractivity contribution in [3.63, 3.8) is 0 Å². The Balaban J connectivity index is 1.51. The first kappa shape index (κ1) is 22.6. The van der Waals surface area contributed by atoms with Gasteiger partial charge in [0.05, 0.1) is 24.5 Å². The Morgan fingerprint density at radius 2 is 1.47 bits per heavy atom. The molecule has 0 bridgehead atoms. The average Bonchev–Trinajstić information content (AvgIpc) is 3.57. The molecular formula is C21H20N12O3. The molecule has 3 heterocycles. The number of urea groups is 1. The highest BCUT2D eigenvalue weighted by atomic mass is 16.2. The van der Waals surface area contributed by atoms with E-state index >= 15 is 0 Å². The van der Waals surface area contributed by atoms with E-state index in [0.29, 0.717) is 17.1 Å². The van der Waals surface area contributed by atoms with E-state index in [-0.39, 0.29) is 24.7 Å². The molecule has 182 valence electrons. The second kappa shape index (κ2) is 9.57. The third kappa shape index (κ3) is 4.56. The minimum absolute atomic E-state index is 0.0899. The van der Waals surface area contributed by atoms with Gasteiger partial charge in [-0.2, -0.15) is 10.4 Å². The standard InChI is InChI=1S/C21H20N12O3/c1-12-5-4-6-13(9-12)22-21(36)23-18-19(34)32(10-16-24-28-29-25-16)14-7-2-3-8-15(14)33(20(18)35)11-17-26-30-31-27-17/h2-9,18H,10-11H2,1H3,(H2,22,23,36)(H,24,25,28,29)(H,26,27,30,31). The Bertz CT molecular complexity index is 1310. The van der Waals surface area contributed by atoms with Gasteiger partial charge in [-0.05, 0) is 36.8 Å². The van der Waals surface area contributed by atoms with Crippen molar-refractivity contribution in [2.45, 2.75) is 26.1 Å². The fourth-order valence-corrected chi connectivity index (χ4v) is 3.83. The first-order valence-corrected chi connectivity index (χ1v) is 10.8.